The van der Waals surface area contributed by atoms with Gasteiger partial charge in [-0.1, -0.05) is 42.5 Å². The van der Waals surface area contributed by atoms with Crippen LogP contribution >= 0.6 is 8.38 Å². The summed E-state index contributed by atoms with van der Waals surface area (Å²) >= 11 is 0. The molecule has 2 nitrogen and oxygen atoms in total. The van der Waals surface area contributed by atoms with Gasteiger partial charge in [0.2, 0.25) is 8.38 Å². The minimum atomic E-state index is -1.02. The molecule has 1 unspecified atom stereocenters. The summed E-state index contributed by atoms with van der Waals surface area (Å²) in [6, 6.07) is 18.6. The van der Waals surface area contributed by atoms with Crippen LogP contribution in [-0.2, 0) is 9.05 Å². The second kappa shape index (κ2) is 5.42. The number of benzene rings is 2. The van der Waals surface area contributed by atoms with Gasteiger partial charge in [0, 0.05) is 5.30 Å². The van der Waals surface area contributed by atoms with E-state index in [-0.39, 0.29) is 12.2 Å². The Morgan fingerprint density at radius 1 is 0.737 bits per heavy atom. The van der Waals surface area contributed by atoms with Crippen molar-refractivity contribution in [3.8, 4) is 0 Å². The third-order valence-corrected chi connectivity index (χ3v) is 5.08. The summed E-state index contributed by atoms with van der Waals surface area (Å²) < 4.78 is 12.3. The van der Waals surface area contributed by atoms with Crippen molar-refractivity contribution in [2.24, 2.45) is 0 Å². The van der Waals surface area contributed by atoms with Gasteiger partial charge in [-0.05, 0) is 37.1 Å². The van der Waals surface area contributed by atoms with Crippen molar-refractivity contribution in [1.82, 2.24) is 0 Å². The minimum Gasteiger partial charge on any atom is -0.323 e. The van der Waals surface area contributed by atoms with Gasteiger partial charge in [0.05, 0.1) is 12.2 Å². The summed E-state index contributed by atoms with van der Waals surface area (Å²) in [5.74, 6) is 0. The number of hydrogen-bond donors (Lipinski definition) is 0. The third-order valence-electron chi connectivity index (χ3n) is 3.35. The van der Waals surface area contributed by atoms with Crippen molar-refractivity contribution in [3.63, 3.8) is 0 Å². The molecule has 0 amide bonds. The van der Waals surface area contributed by atoms with Crippen LogP contribution in [0.1, 0.15) is 37.2 Å². The van der Waals surface area contributed by atoms with E-state index in [4.69, 9.17) is 9.05 Å². The molecule has 0 aromatic heterocycles. The maximum absolute atomic E-state index is 6.14. The van der Waals surface area contributed by atoms with Crippen molar-refractivity contribution in [2.45, 2.75) is 26.1 Å². The molecule has 0 bridgehead atoms. The van der Waals surface area contributed by atoms with Gasteiger partial charge in [0.25, 0.3) is 0 Å². The first kappa shape index (κ1) is 12.8. The topological polar surface area (TPSA) is 18.5 Å². The fraction of sp³-hybridized carbons (Fsp3) is 0.250. The van der Waals surface area contributed by atoms with Crippen LogP contribution in [0, 0.1) is 0 Å². The highest BCUT2D eigenvalue weighted by molar-refractivity contribution is 7.56. The molecular formula is C16H17O2P. The van der Waals surface area contributed by atoms with Crippen LogP contribution in [0.5, 0.6) is 0 Å². The van der Waals surface area contributed by atoms with Gasteiger partial charge in [-0.15, -0.1) is 0 Å². The molecule has 1 aliphatic rings. The maximum Gasteiger partial charge on any atom is 0.206 e. The van der Waals surface area contributed by atoms with E-state index >= 15 is 0 Å². The van der Waals surface area contributed by atoms with Gasteiger partial charge in [-0.25, -0.2) is 0 Å². The van der Waals surface area contributed by atoms with E-state index in [0.717, 1.165) is 5.30 Å². The normalized spacial score (nSPS) is 26.5. The summed E-state index contributed by atoms with van der Waals surface area (Å²) in [4.78, 5) is 0. The standard InChI is InChI=1S/C16H17O2P/c1-12-15-10-6-7-11-16(15)13(2)18-19(17-12)14-8-4-3-5-9-14/h3-13H,1-2H3/t12-,13+,19?. The van der Waals surface area contributed by atoms with Crippen LogP contribution in [0.2, 0.25) is 0 Å². The van der Waals surface area contributed by atoms with Gasteiger partial charge in [-0.3, -0.25) is 0 Å². The first-order chi connectivity index (χ1) is 9.25. The van der Waals surface area contributed by atoms with Gasteiger partial charge in [-0.2, -0.15) is 0 Å². The summed E-state index contributed by atoms with van der Waals surface area (Å²) in [6.07, 6.45) is 0.125. The maximum atomic E-state index is 6.14. The minimum absolute atomic E-state index is 0.0625. The van der Waals surface area contributed by atoms with E-state index in [2.05, 4.69) is 50.2 Å². The quantitative estimate of drug-likeness (QED) is 0.712. The zero-order chi connectivity index (χ0) is 13.2. The highest BCUT2D eigenvalue weighted by Gasteiger charge is 2.28. The van der Waals surface area contributed by atoms with Gasteiger partial charge >= 0.3 is 0 Å². The van der Waals surface area contributed by atoms with E-state index in [1.54, 1.807) is 0 Å². The molecule has 98 valence electrons. The highest BCUT2D eigenvalue weighted by atomic mass is 31.2. The van der Waals surface area contributed by atoms with Crippen molar-refractivity contribution in [2.75, 3.05) is 0 Å². The summed E-state index contributed by atoms with van der Waals surface area (Å²) in [5, 5.41) is 1.13. The Balaban J connectivity index is 1.95. The Morgan fingerprint density at radius 3 is 1.74 bits per heavy atom. The zero-order valence-electron chi connectivity index (χ0n) is 11.1. The fourth-order valence-electron chi connectivity index (χ4n) is 2.35. The van der Waals surface area contributed by atoms with Gasteiger partial charge in [0.15, 0.2) is 0 Å². The molecule has 1 heterocycles. The van der Waals surface area contributed by atoms with E-state index in [1.165, 1.54) is 11.1 Å². The number of fused-ring (bicyclic) bond motifs is 1. The molecule has 0 saturated carbocycles. The Kier molecular flexibility index (Phi) is 3.65. The second-order valence-electron chi connectivity index (χ2n) is 4.72. The lowest BCUT2D eigenvalue weighted by molar-refractivity contribution is 0.189. The molecule has 0 radical (unpaired) electrons. The van der Waals surface area contributed by atoms with Crippen molar-refractivity contribution < 1.29 is 9.05 Å². The van der Waals surface area contributed by atoms with Crippen LogP contribution in [0.25, 0.3) is 0 Å². The molecule has 0 spiro atoms. The predicted molar refractivity (Wildman–Crippen MR) is 78.4 cm³/mol. The smallest absolute Gasteiger partial charge is 0.206 e. The lowest BCUT2D eigenvalue weighted by atomic mass is 10.00. The molecule has 0 fully saturated rings. The van der Waals surface area contributed by atoms with Gasteiger partial charge in [0.1, 0.15) is 0 Å². The van der Waals surface area contributed by atoms with E-state index in [9.17, 15) is 0 Å². The molecule has 0 aliphatic carbocycles. The predicted octanol–water partition coefficient (Wildman–Crippen LogP) is 4.49. The molecule has 0 N–H and O–H groups in total. The van der Waals surface area contributed by atoms with Crippen molar-refractivity contribution in [3.05, 3.63) is 65.7 Å². The van der Waals surface area contributed by atoms with Crippen LogP contribution in [0.4, 0.5) is 0 Å². The SMILES string of the molecule is C[C@@H]1OP(c2ccccc2)O[C@H](C)c2ccccc21. The zero-order valence-corrected chi connectivity index (χ0v) is 12.0. The van der Waals surface area contributed by atoms with Crippen LogP contribution < -0.4 is 5.30 Å². The third kappa shape index (κ3) is 2.57. The van der Waals surface area contributed by atoms with E-state index in [0.29, 0.717) is 0 Å². The fourth-order valence-corrected chi connectivity index (χ4v) is 3.86. The van der Waals surface area contributed by atoms with Crippen LogP contribution in [0.15, 0.2) is 54.6 Å². The average molecular weight is 272 g/mol. The molecule has 3 rings (SSSR count). The summed E-state index contributed by atoms with van der Waals surface area (Å²) in [7, 11) is -1.02. The highest BCUT2D eigenvalue weighted by Crippen LogP contribution is 2.50. The first-order valence-corrected chi connectivity index (χ1v) is 7.71. The largest absolute Gasteiger partial charge is 0.323 e. The Bertz CT molecular complexity index is 525. The molecule has 0 saturated heterocycles. The lowest BCUT2D eigenvalue weighted by Gasteiger charge is -2.19. The molecule has 3 atom stereocenters. The average Bonchev–Trinajstić information content (AvgIpc) is 2.59. The van der Waals surface area contributed by atoms with Crippen LogP contribution in [-0.4, -0.2) is 0 Å². The Hall–Kier alpha value is -1.21. The first-order valence-electron chi connectivity index (χ1n) is 6.53. The molecule has 2 aromatic rings. The Morgan fingerprint density at radius 2 is 1.21 bits per heavy atom. The molecule has 2 aromatic carbocycles. The van der Waals surface area contributed by atoms with Gasteiger partial charge < -0.3 is 9.05 Å². The summed E-state index contributed by atoms with van der Waals surface area (Å²) in [6.45, 7) is 4.19. The molecule has 1 aliphatic heterocycles. The number of rotatable bonds is 1. The van der Waals surface area contributed by atoms with Crippen molar-refractivity contribution >= 4 is 13.7 Å². The molecule has 3 heteroatoms. The monoisotopic (exact) mass is 272 g/mol. The summed E-state index contributed by atoms with van der Waals surface area (Å²) in [5.41, 5.74) is 2.46. The molecular weight excluding hydrogens is 255 g/mol. The number of hydrogen-bond acceptors (Lipinski definition) is 2. The lowest BCUT2D eigenvalue weighted by Crippen LogP contribution is -2.05. The Labute approximate surface area is 115 Å². The van der Waals surface area contributed by atoms with E-state index < -0.39 is 8.38 Å². The van der Waals surface area contributed by atoms with E-state index in [1.807, 2.05) is 18.2 Å². The van der Waals surface area contributed by atoms with Crippen molar-refractivity contribution in [1.29, 1.82) is 0 Å². The van der Waals surface area contributed by atoms with Crippen LogP contribution in [0.3, 0.4) is 0 Å². The molecule has 19 heavy (non-hydrogen) atoms. The second-order valence-corrected chi connectivity index (χ2v) is 6.17.